The van der Waals surface area contributed by atoms with Crippen LogP contribution in [-0.2, 0) is 10.3 Å². The molecule has 0 atom stereocenters. The van der Waals surface area contributed by atoms with Crippen molar-refractivity contribution in [2.75, 3.05) is 12.8 Å². The molecule has 0 unspecified atom stereocenters. The van der Waals surface area contributed by atoms with Gasteiger partial charge in [0.1, 0.15) is 5.60 Å². The number of methoxy groups -OCH3 is 1. The van der Waals surface area contributed by atoms with Gasteiger partial charge in [-0.2, -0.15) is 4.98 Å². The van der Waals surface area contributed by atoms with Crippen molar-refractivity contribution in [3.8, 4) is 11.5 Å². The molecule has 19 heavy (non-hydrogen) atoms. The van der Waals surface area contributed by atoms with Crippen molar-refractivity contribution in [1.29, 1.82) is 0 Å². The highest BCUT2D eigenvalue weighted by Crippen LogP contribution is 2.43. The van der Waals surface area contributed by atoms with Crippen LogP contribution in [0.25, 0.3) is 11.5 Å². The van der Waals surface area contributed by atoms with Crippen LogP contribution in [0, 0.1) is 0 Å². The number of anilines is 1. The molecule has 1 saturated carbocycles. The zero-order valence-electron chi connectivity index (χ0n) is 10.5. The second kappa shape index (κ2) is 4.61. The van der Waals surface area contributed by atoms with E-state index in [0.29, 0.717) is 17.4 Å². The van der Waals surface area contributed by atoms with Gasteiger partial charge in [0.05, 0.1) is 11.3 Å². The minimum Gasteiger partial charge on any atom is -0.397 e. The second-order valence-electron chi connectivity index (χ2n) is 4.68. The fourth-order valence-electron chi connectivity index (χ4n) is 2.26. The molecule has 1 aliphatic rings. The predicted molar refractivity (Wildman–Crippen MR) is 74.4 cm³/mol. The van der Waals surface area contributed by atoms with Crippen LogP contribution in [0.5, 0.6) is 0 Å². The second-order valence-corrected chi connectivity index (χ2v) is 5.53. The minimum atomic E-state index is -0.372. The zero-order valence-corrected chi connectivity index (χ0v) is 12.1. The number of ether oxygens (including phenoxy) is 1. The van der Waals surface area contributed by atoms with Gasteiger partial charge in [0.2, 0.25) is 5.82 Å². The van der Waals surface area contributed by atoms with Gasteiger partial charge in [-0.25, -0.2) is 0 Å². The molecule has 2 aromatic rings. The highest BCUT2D eigenvalue weighted by atomic mass is 79.9. The van der Waals surface area contributed by atoms with Gasteiger partial charge in [-0.15, -0.1) is 0 Å². The summed E-state index contributed by atoms with van der Waals surface area (Å²) in [5.74, 6) is 1.03. The maximum Gasteiger partial charge on any atom is 0.260 e. The van der Waals surface area contributed by atoms with E-state index in [-0.39, 0.29) is 5.60 Å². The van der Waals surface area contributed by atoms with Gasteiger partial charge in [0.25, 0.3) is 5.89 Å². The Morgan fingerprint density at radius 2 is 2.21 bits per heavy atom. The third-order valence-corrected chi connectivity index (χ3v) is 4.36. The number of para-hydroxylation sites is 1. The SMILES string of the molecule is COC1(c2noc(-c3cccc(Br)c3N)n2)CCC1. The quantitative estimate of drug-likeness (QED) is 0.878. The standard InChI is InChI=1S/C13H14BrN3O2/c1-18-13(6-3-7-13)12-16-11(19-17-12)8-4-2-5-9(14)10(8)15/h2,4-5H,3,6-7,15H2,1H3. The first-order chi connectivity index (χ1) is 9.16. The van der Waals surface area contributed by atoms with Gasteiger partial charge in [0.15, 0.2) is 0 Å². The number of halogens is 1. The van der Waals surface area contributed by atoms with E-state index < -0.39 is 0 Å². The molecule has 1 aromatic heterocycles. The molecule has 1 heterocycles. The Morgan fingerprint density at radius 1 is 1.42 bits per heavy atom. The summed E-state index contributed by atoms with van der Waals surface area (Å²) in [4.78, 5) is 4.44. The van der Waals surface area contributed by atoms with Crippen LogP contribution < -0.4 is 5.73 Å². The van der Waals surface area contributed by atoms with E-state index >= 15 is 0 Å². The van der Waals surface area contributed by atoms with E-state index in [9.17, 15) is 0 Å². The summed E-state index contributed by atoms with van der Waals surface area (Å²) in [7, 11) is 1.68. The van der Waals surface area contributed by atoms with Crippen LogP contribution in [-0.4, -0.2) is 17.3 Å². The third kappa shape index (κ3) is 1.95. The monoisotopic (exact) mass is 323 g/mol. The fraction of sp³-hybridized carbons (Fsp3) is 0.385. The molecule has 3 rings (SSSR count). The molecular formula is C13H14BrN3O2. The number of hydrogen-bond donors (Lipinski definition) is 1. The van der Waals surface area contributed by atoms with Crippen molar-refractivity contribution in [3.63, 3.8) is 0 Å². The Kier molecular flexibility index (Phi) is 3.06. The van der Waals surface area contributed by atoms with Crippen LogP contribution in [0.3, 0.4) is 0 Å². The minimum absolute atomic E-state index is 0.372. The van der Waals surface area contributed by atoms with Crippen LogP contribution in [0.4, 0.5) is 5.69 Å². The van der Waals surface area contributed by atoms with E-state index in [4.69, 9.17) is 15.0 Å². The first-order valence-electron chi connectivity index (χ1n) is 6.10. The summed E-state index contributed by atoms with van der Waals surface area (Å²) >= 11 is 3.39. The Hall–Kier alpha value is -1.40. The summed E-state index contributed by atoms with van der Waals surface area (Å²) in [6, 6.07) is 5.62. The van der Waals surface area contributed by atoms with Gasteiger partial charge in [0, 0.05) is 11.6 Å². The maximum absolute atomic E-state index is 6.01. The van der Waals surface area contributed by atoms with Crippen LogP contribution in [0.2, 0.25) is 0 Å². The molecule has 0 amide bonds. The lowest BCUT2D eigenvalue weighted by atomic mass is 9.79. The normalized spacial score (nSPS) is 17.2. The molecule has 100 valence electrons. The Labute approximate surface area is 119 Å². The molecule has 5 nitrogen and oxygen atoms in total. The van der Waals surface area contributed by atoms with Crippen molar-refractivity contribution in [3.05, 3.63) is 28.5 Å². The van der Waals surface area contributed by atoms with Crippen molar-refractivity contribution < 1.29 is 9.26 Å². The summed E-state index contributed by atoms with van der Waals surface area (Å²) in [5.41, 5.74) is 6.96. The first-order valence-corrected chi connectivity index (χ1v) is 6.89. The number of benzene rings is 1. The lowest BCUT2D eigenvalue weighted by Gasteiger charge is -2.37. The number of aromatic nitrogens is 2. The number of hydrogen-bond acceptors (Lipinski definition) is 5. The Bertz CT molecular complexity index is 602. The van der Waals surface area contributed by atoms with Gasteiger partial charge in [-0.3, -0.25) is 0 Å². The average molecular weight is 324 g/mol. The van der Waals surface area contributed by atoms with Crippen molar-refractivity contribution in [1.82, 2.24) is 10.1 Å². The summed E-state index contributed by atoms with van der Waals surface area (Å²) < 4.78 is 11.7. The van der Waals surface area contributed by atoms with Gasteiger partial charge in [-0.1, -0.05) is 11.2 Å². The van der Waals surface area contributed by atoms with Gasteiger partial charge < -0.3 is 15.0 Å². The van der Waals surface area contributed by atoms with Crippen LogP contribution >= 0.6 is 15.9 Å². The number of nitrogens with zero attached hydrogens (tertiary/aromatic N) is 2. The van der Waals surface area contributed by atoms with E-state index in [0.717, 1.165) is 29.3 Å². The third-order valence-electron chi connectivity index (χ3n) is 3.67. The number of nitrogen functional groups attached to an aromatic ring is 1. The molecule has 1 aliphatic carbocycles. The van der Waals surface area contributed by atoms with Gasteiger partial charge >= 0.3 is 0 Å². The summed E-state index contributed by atoms with van der Waals surface area (Å²) in [6.45, 7) is 0. The molecule has 6 heteroatoms. The molecule has 0 bridgehead atoms. The zero-order chi connectivity index (χ0) is 13.5. The molecule has 1 fully saturated rings. The largest absolute Gasteiger partial charge is 0.397 e. The molecule has 2 N–H and O–H groups in total. The first kappa shape index (κ1) is 12.6. The molecule has 1 aromatic carbocycles. The number of rotatable bonds is 3. The van der Waals surface area contributed by atoms with Gasteiger partial charge in [-0.05, 0) is 47.3 Å². The summed E-state index contributed by atoms with van der Waals surface area (Å²) in [6.07, 6.45) is 2.98. The molecular weight excluding hydrogens is 310 g/mol. The average Bonchev–Trinajstić information content (AvgIpc) is 2.82. The van der Waals surface area contributed by atoms with Crippen molar-refractivity contribution in [2.45, 2.75) is 24.9 Å². The highest BCUT2D eigenvalue weighted by molar-refractivity contribution is 9.10. The van der Waals surface area contributed by atoms with E-state index in [1.165, 1.54) is 0 Å². The summed E-state index contributed by atoms with van der Waals surface area (Å²) in [5, 5.41) is 4.05. The smallest absolute Gasteiger partial charge is 0.260 e. The van der Waals surface area contributed by atoms with Crippen molar-refractivity contribution >= 4 is 21.6 Å². The molecule has 0 radical (unpaired) electrons. The van der Waals surface area contributed by atoms with E-state index in [1.54, 1.807) is 7.11 Å². The Balaban J connectivity index is 1.99. The van der Waals surface area contributed by atoms with E-state index in [2.05, 4.69) is 26.1 Å². The van der Waals surface area contributed by atoms with Crippen LogP contribution in [0.1, 0.15) is 25.1 Å². The van der Waals surface area contributed by atoms with E-state index in [1.807, 2.05) is 18.2 Å². The lowest BCUT2D eigenvalue weighted by Crippen LogP contribution is -2.37. The topological polar surface area (TPSA) is 74.2 Å². The fourth-order valence-corrected chi connectivity index (χ4v) is 2.62. The molecule has 0 aliphatic heterocycles. The molecule has 0 spiro atoms. The maximum atomic E-state index is 6.01. The van der Waals surface area contributed by atoms with Crippen LogP contribution in [0.15, 0.2) is 27.2 Å². The number of nitrogens with two attached hydrogens (primary N) is 1. The lowest BCUT2D eigenvalue weighted by molar-refractivity contribution is -0.0858. The Morgan fingerprint density at radius 3 is 2.84 bits per heavy atom. The van der Waals surface area contributed by atoms with Crippen molar-refractivity contribution in [2.24, 2.45) is 0 Å². The highest BCUT2D eigenvalue weighted by Gasteiger charge is 2.43. The molecule has 0 saturated heterocycles. The predicted octanol–water partition coefficient (Wildman–Crippen LogP) is 3.11.